The summed E-state index contributed by atoms with van der Waals surface area (Å²) in [5.74, 6) is 0. The molecule has 0 fully saturated rings. The van der Waals surface area contributed by atoms with E-state index in [4.69, 9.17) is 11.6 Å². The van der Waals surface area contributed by atoms with Crippen LogP contribution in [0.25, 0.3) is 0 Å². The van der Waals surface area contributed by atoms with Crippen LogP contribution in [0.2, 0.25) is 4.34 Å². The van der Waals surface area contributed by atoms with Gasteiger partial charge in [0.25, 0.3) is 5.69 Å². The van der Waals surface area contributed by atoms with Crippen molar-refractivity contribution in [2.24, 2.45) is 0 Å². The number of nitrogens with one attached hydrogen (secondary N) is 1. The Kier molecular flexibility index (Phi) is 5.08. The number of benzene rings is 1. The number of halogens is 1. The monoisotopic (exact) mass is 312 g/mol. The molecule has 7 heteroatoms. The Bertz CT molecular complexity index is 603. The molecule has 1 unspecified atom stereocenters. The van der Waals surface area contributed by atoms with Gasteiger partial charge in [-0.2, -0.15) is 0 Å². The standard InChI is InChI=1S/C13H13ClN2O3S/c14-13-6-5-12(20-13)11(17)8-15-7-9-3-1-2-4-10(9)16(18)19/h1-6,11,15,17H,7-8H2. The second-order valence-corrected chi connectivity index (χ2v) is 5.92. The van der Waals surface area contributed by atoms with Crippen molar-refractivity contribution < 1.29 is 10.0 Å². The molecular formula is C13H13ClN2O3S. The molecule has 2 aromatic rings. The number of aliphatic hydroxyl groups is 1. The van der Waals surface area contributed by atoms with E-state index >= 15 is 0 Å². The minimum Gasteiger partial charge on any atom is -0.386 e. The van der Waals surface area contributed by atoms with Crippen molar-refractivity contribution in [3.05, 3.63) is 61.3 Å². The fraction of sp³-hybridized carbons (Fsp3) is 0.231. The van der Waals surface area contributed by atoms with E-state index in [1.807, 2.05) is 0 Å². The molecule has 1 aromatic carbocycles. The summed E-state index contributed by atoms with van der Waals surface area (Å²) >= 11 is 7.12. The molecule has 0 saturated carbocycles. The normalized spacial score (nSPS) is 12.3. The van der Waals surface area contributed by atoms with Crippen molar-refractivity contribution in [2.75, 3.05) is 6.54 Å². The summed E-state index contributed by atoms with van der Waals surface area (Å²) in [6, 6.07) is 10.0. The Balaban J connectivity index is 1.92. The van der Waals surface area contributed by atoms with Crippen LogP contribution in [0, 0.1) is 10.1 Å². The Morgan fingerprint density at radius 3 is 2.75 bits per heavy atom. The summed E-state index contributed by atoms with van der Waals surface area (Å²) in [7, 11) is 0. The largest absolute Gasteiger partial charge is 0.386 e. The van der Waals surface area contributed by atoms with Crippen LogP contribution in [0.5, 0.6) is 0 Å². The summed E-state index contributed by atoms with van der Waals surface area (Å²) in [5.41, 5.74) is 0.669. The lowest BCUT2D eigenvalue weighted by atomic mass is 10.2. The molecule has 0 amide bonds. The zero-order valence-electron chi connectivity index (χ0n) is 10.5. The van der Waals surface area contributed by atoms with Crippen LogP contribution < -0.4 is 5.32 Å². The molecule has 0 spiro atoms. The van der Waals surface area contributed by atoms with Crippen molar-refractivity contribution in [1.82, 2.24) is 5.32 Å². The maximum absolute atomic E-state index is 10.9. The van der Waals surface area contributed by atoms with Crippen molar-refractivity contribution in [1.29, 1.82) is 0 Å². The molecule has 0 radical (unpaired) electrons. The van der Waals surface area contributed by atoms with Crippen LogP contribution in [0.1, 0.15) is 16.5 Å². The number of para-hydroxylation sites is 1. The lowest BCUT2D eigenvalue weighted by molar-refractivity contribution is -0.385. The first-order valence-corrected chi connectivity index (χ1v) is 7.13. The number of hydrogen-bond donors (Lipinski definition) is 2. The highest BCUT2D eigenvalue weighted by molar-refractivity contribution is 7.16. The Hall–Kier alpha value is -1.47. The summed E-state index contributed by atoms with van der Waals surface area (Å²) in [6.07, 6.45) is -0.671. The number of rotatable bonds is 6. The maximum Gasteiger partial charge on any atom is 0.273 e. The number of nitrogens with zero attached hydrogens (tertiary/aromatic N) is 1. The first-order valence-electron chi connectivity index (χ1n) is 5.94. The molecule has 1 atom stereocenters. The number of aliphatic hydroxyl groups excluding tert-OH is 1. The van der Waals surface area contributed by atoms with E-state index in [0.717, 1.165) is 4.88 Å². The zero-order valence-corrected chi connectivity index (χ0v) is 12.0. The van der Waals surface area contributed by atoms with Gasteiger partial charge in [0, 0.05) is 29.6 Å². The Morgan fingerprint density at radius 1 is 1.35 bits per heavy atom. The van der Waals surface area contributed by atoms with Gasteiger partial charge in [0.15, 0.2) is 0 Å². The molecule has 20 heavy (non-hydrogen) atoms. The van der Waals surface area contributed by atoms with E-state index in [0.29, 0.717) is 23.0 Å². The van der Waals surface area contributed by atoms with E-state index in [-0.39, 0.29) is 5.69 Å². The molecule has 5 nitrogen and oxygen atoms in total. The molecule has 106 valence electrons. The fourth-order valence-electron chi connectivity index (χ4n) is 1.79. The molecule has 0 aliphatic heterocycles. The van der Waals surface area contributed by atoms with Crippen LogP contribution in [0.3, 0.4) is 0 Å². The van der Waals surface area contributed by atoms with E-state index in [1.165, 1.54) is 17.4 Å². The zero-order chi connectivity index (χ0) is 14.5. The van der Waals surface area contributed by atoms with Crippen LogP contribution in [-0.2, 0) is 6.54 Å². The third-order valence-corrected chi connectivity index (χ3v) is 4.10. The molecule has 1 aromatic heterocycles. The van der Waals surface area contributed by atoms with Crippen LogP contribution >= 0.6 is 22.9 Å². The number of hydrogen-bond acceptors (Lipinski definition) is 5. The van der Waals surface area contributed by atoms with Gasteiger partial charge in [0.2, 0.25) is 0 Å². The molecule has 2 N–H and O–H groups in total. The third kappa shape index (κ3) is 3.77. The van der Waals surface area contributed by atoms with Gasteiger partial charge in [-0.05, 0) is 12.1 Å². The highest BCUT2D eigenvalue weighted by Crippen LogP contribution is 2.26. The van der Waals surface area contributed by atoms with Crippen molar-refractivity contribution in [2.45, 2.75) is 12.6 Å². The minimum absolute atomic E-state index is 0.0775. The van der Waals surface area contributed by atoms with Crippen LogP contribution in [0.4, 0.5) is 5.69 Å². The minimum atomic E-state index is -0.671. The number of nitro groups is 1. The molecule has 0 aliphatic carbocycles. The van der Waals surface area contributed by atoms with Crippen molar-refractivity contribution in [3.63, 3.8) is 0 Å². The Morgan fingerprint density at radius 2 is 2.10 bits per heavy atom. The first kappa shape index (κ1) is 14.9. The molecule has 0 bridgehead atoms. The lowest BCUT2D eigenvalue weighted by Gasteiger charge is -2.10. The summed E-state index contributed by atoms with van der Waals surface area (Å²) in [4.78, 5) is 11.2. The van der Waals surface area contributed by atoms with E-state index in [9.17, 15) is 15.2 Å². The van der Waals surface area contributed by atoms with Crippen LogP contribution in [-0.4, -0.2) is 16.6 Å². The quantitative estimate of drug-likeness (QED) is 0.634. The number of thiophene rings is 1. The summed E-state index contributed by atoms with van der Waals surface area (Å²) < 4.78 is 0.623. The smallest absolute Gasteiger partial charge is 0.273 e. The van der Waals surface area contributed by atoms with Crippen LogP contribution in [0.15, 0.2) is 36.4 Å². The fourth-order valence-corrected chi connectivity index (χ4v) is 2.84. The van der Waals surface area contributed by atoms with Crippen molar-refractivity contribution >= 4 is 28.6 Å². The van der Waals surface area contributed by atoms with Gasteiger partial charge in [-0.3, -0.25) is 10.1 Å². The second-order valence-electron chi connectivity index (χ2n) is 4.17. The summed E-state index contributed by atoms with van der Waals surface area (Å²) in [5, 5.41) is 23.8. The predicted molar refractivity (Wildman–Crippen MR) is 79.1 cm³/mol. The average molecular weight is 313 g/mol. The molecule has 0 saturated heterocycles. The van der Waals surface area contributed by atoms with Gasteiger partial charge >= 0.3 is 0 Å². The molecular weight excluding hydrogens is 300 g/mol. The number of nitro benzene ring substituents is 1. The molecule has 2 rings (SSSR count). The SMILES string of the molecule is O=[N+]([O-])c1ccccc1CNCC(O)c1ccc(Cl)s1. The van der Waals surface area contributed by atoms with Gasteiger partial charge in [0.05, 0.1) is 9.26 Å². The predicted octanol–water partition coefficient (Wildman–Crippen LogP) is 3.13. The van der Waals surface area contributed by atoms with Gasteiger partial charge < -0.3 is 10.4 Å². The van der Waals surface area contributed by atoms with E-state index in [2.05, 4.69) is 5.32 Å². The van der Waals surface area contributed by atoms with Crippen molar-refractivity contribution in [3.8, 4) is 0 Å². The average Bonchev–Trinajstić information content (AvgIpc) is 2.86. The third-order valence-electron chi connectivity index (χ3n) is 2.76. The first-order chi connectivity index (χ1) is 9.58. The van der Waals surface area contributed by atoms with E-state index in [1.54, 1.807) is 30.3 Å². The van der Waals surface area contributed by atoms with Gasteiger partial charge in [-0.1, -0.05) is 29.8 Å². The lowest BCUT2D eigenvalue weighted by Crippen LogP contribution is -2.21. The maximum atomic E-state index is 10.9. The Labute approximate surface area is 125 Å². The molecule has 0 aliphatic rings. The van der Waals surface area contributed by atoms with Gasteiger partial charge in [-0.25, -0.2) is 0 Å². The second kappa shape index (κ2) is 6.81. The molecule has 1 heterocycles. The highest BCUT2D eigenvalue weighted by Gasteiger charge is 2.13. The van der Waals surface area contributed by atoms with Gasteiger partial charge in [-0.15, -0.1) is 11.3 Å². The van der Waals surface area contributed by atoms with Gasteiger partial charge in [0.1, 0.15) is 6.10 Å². The summed E-state index contributed by atoms with van der Waals surface area (Å²) in [6.45, 7) is 0.635. The highest BCUT2D eigenvalue weighted by atomic mass is 35.5. The topological polar surface area (TPSA) is 75.4 Å². The van der Waals surface area contributed by atoms with E-state index < -0.39 is 11.0 Å².